The minimum absolute atomic E-state index is 0.00544. The number of imidazole rings is 1. The number of nitrogens with one attached hydrogen (secondary N) is 1. The number of amides is 1. The molecule has 0 spiro atoms. The van der Waals surface area contributed by atoms with E-state index in [4.69, 9.17) is 9.47 Å². The second kappa shape index (κ2) is 10.1. The molecule has 0 bridgehead atoms. The lowest BCUT2D eigenvalue weighted by atomic mass is 10.0. The lowest BCUT2D eigenvalue weighted by molar-refractivity contribution is -0.121. The molecule has 9 nitrogen and oxygen atoms in total. The summed E-state index contributed by atoms with van der Waals surface area (Å²) in [6.07, 6.45) is 5.13. The molecule has 1 aliphatic rings. The van der Waals surface area contributed by atoms with E-state index in [2.05, 4.69) is 17.2 Å². The van der Waals surface area contributed by atoms with Gasteiger partial charge in [-0.2, -0.15) is 4.31 Å². The van der Waals surface area contributed by atoms with Crippen LogP contribution in [-0.4, -0.2) is 62.0 Å². The molecule has 1 aliphatic heterocycles. The number of hydrogen-bond donors (Lipinski definition) is 1. The van der Waals surface area contributed by atoms with Crippen LogP contribution in [0.5, 0.6) is 11.5 Å². The summed E-state index contributed by atoms with van der Waals surface area (Å²) in [5, 5.41) is 2.83. The topological polar surface area (TPSA) is 103 Å². The summed E-state index contributed by atoms with van der Waals surface area (Å²) in [6.45, 7) is 3.59. The monoisotopic (exact) mass is 450 g/mol. The van der Waals surface area contributed by atoms with Crippen molar-refractivity contribution in [1.82, 2.24) is 19.2 Å². The lowest BCUT2D eigenvalue weighted by Crippen LogP contribution is -2.38. The zero-order chi connectivity index (χ0) is 22.4. The Morgan fingerprint density at radius 3 is 2.58 bits per heavy atom. The van der Waals surface area contributed by atoms with Gasteiger partial charge in [-0.3, -0.25) is 4.79 Å². The van der Waals surface area contributed by atoms with Gasteiger partial charge in [0.25, 0.3) is 10.0 Å². The predicted octanol–water partition coefficient (Wildman–Crippen LogP) is 1.68. The summed E-state index contributed by atoms with van der Waals surface area (Å²) in [4.78, 5) is 16.3. The van der Waals surface area contributed by atoms with Crippen LogP contribution in [0.2, 0.25) is 0 Å². The second-order valence-electron chi connectivity index (χ2n) is 7.76. The Morgan fingerprint density at radius 2 is 1.90 bits per heavy atom. The van der Waals surface area contributed by atoms with E-state index in [9.17, 15) is 13.2 Å². The maximum atomic E-state index is 12.8. The van der Waals surface area contributed by atoms with E-state index in [1.54, 1.807) is 14.2 Å². The van der Waals surface area contributed by atoms with Crippen LogP contribution >= 0.6 is 0 Å². The van der Waals surface area contributed by atoms with E-state index in [0.717, 1.165) is 18.4 Å². The second-order valence-corrected chi connectivity index (χ2v) is 9.64. The molecule has 1 saturated heterocycles. The molecular weight excluding hydrogens is 420 g/mol. The van der Waals surface area contributed by atoms with Gasteiger partial charge in [-0.1, -0.05) is 13.0 Å². The third-order valence-electron chi connectivity index (χ3n) is 5.47. The number of piperidine rings is 1. The van der Waals surface area contributed by atoms with Crippen molar-refractivity contribution in [3.8, 4) is 11.5 Å². The molecule has 1 aromatic carbocycles. The van der Waals surface area contributed by atoms with Crippen LogP contribution < -0.4 is 14.8 Å². The van der Waals surface area contributed by atoms with Gasteiger partial charge in [-0.15, -0.1) is 0 Å². The highest BCUT2D eigenvalue weighted by molar-refractivity contribution is 7.89. The molecule has 1 aromatic heterocycles. The first kappa shape index (κ1) is 23.1. The molecule has 3 rings (SSSR count). The van der Waals surface area contributed by atoms with Crippen molar-refractivity contribution in [3.63, 3.8) is 0 Å². The fraction of sp³-hybridized carbons (Fsp3) is 0.524. The van der Waals surface area contributed by atoms with E-state index < -0.39 is 10.0 Å². The zero-order valence-corrected chi connectivity index (χ0v) is 19.0. The van der Waals surface area contributed by atoms with Crippen molar-refractivity contribution in [1.29, 1.82) is 0 Å². The molecule has 2 heterocycles. The van der Waals surface area contributed by atoms with Crippen molar-refractivity contribution >= 4 is 15.9 Å². The number of carbonyl (C=O) groups is 1. The van der Waals surface area contributed by atoms with Gasteiger partial charge >= 0.3 is 0 Å². The van der Waals surface area contributed by atoms with Crippen LogP contribution in [0, 0.1) is 5.92 Å². The zero-order valence-electron chi connectivity index (χ0n) is 18.2. The number of methoxy groups -OCH3 is 2. The fourth-order valence-corrected chi connectivity index (χ4v) is 4.93. The van der Waals surface area contributed by atoms with Crippen molar-refractivity contribution < 1.29 is 22.7 Å². The Kier molecular flexibility index (Phi) is 7.55. The van der Waals surface area contributed by atoms with Crippen molar-refractivity contribution in [2.24, 2.45) is 5.92 Å². The van der Waals surface area contributed by atoms with Crippen LogP contribution in [0.4, 0.5) is 0 Å². The van der Waals surface area contributed by atoms with Crippen LogP contribution in [0.25, 0.3) is 0 Å². The standard InChI is InChI=1S/C21H30N4O5S/c1-16-7-10-25(11-8-16)31(27,28)21-14-24(15-23-21)13-20(26)22-9-6-17-4-5-18(29-2)19(12-17)30-3/h4-5,12,14-16H,6-11,13H2,1-3H3,(H,22,26). The van der Waals surface area contributed by atoms with Crippen LogP contribution in [0.1, 0.15) is 25.3 Å². The Morgan fingerprint density at radius 1 is 1.19 bits per heavy atom. The quantitative estimate of drug-likeness (QED) is 0.624. The number of ether oxygens (including phenoxy) is 2. The average Bonchev–Trinajstić information content (AvgIpc) is 3.23. The third kappa shape index (κ3) is 5.76. The average molecular weight is 451 g/mol. The summed E-state index contributed by atoms with van der Waals surface area (Å²) in [7, 11) is -0.459. The molecule has 0 aliphatic carbocycles. The number of hydrogen-bond acceptors (Lipinski definition) is 6. The van der Waals surface area contributed by atoms with Gasteiger partial charge in [0.2, 0.25) is 5.91 Å². The molecule has 1 N–H and O–H groups in total. The molecule has 1 amide bonds. The molecule has 0 saturated carbocycles. The third-order valence-corrected chi connectivity index (χ3v) is 7.25. The van der Waals surface area contributed by atoms with Gasteiger partial charge in [0.05, 0.1) is 20.5 Å². The van der Waals surface area contributed by atoms with Crippen LogP contribution in [-0.2, 0) is 27.8 Å². The van der Waals surface area contributed by atoms with E-state index in [1.165, 1.54) is 21.4 Å². The number of benzene rings is 1. The smallest absolute Gasteiger partial charge is 0.262 e. The predicted molar refractivity (Wildman–Crippen MR) is 116 cm³/mol. The molecule has 10 heteroatoms. The highest BCUT2D eigenvalue weighted by atomic mass is 32.2. The molecular formula is C21H30N4O5S. The van der Waals surface area contributed by atoms with E-state index in [0.29, 0.717) is 43.5 Å². The minimum atomic E-state index is -3.62. The number of rotatable bonds is 9. The number of aromatic nitrogens is 2. The van der Waals surface area contributed by atoms with Crippen molar-refractivity contribution in [2.75, 3.05) is 33.9 Å². The Labute approximate surface area is 183 Å². The molecule has 0 unspecified atom stereocenters. The van der Waals surface area contributed by atoms with Crippen LogP contribution in [0.15, 0.2) is 35.7 Å². The van der Waals surface area contributed by atoms with Gasteiger partial charge in [0.1, 0.15) is 6.54 Å². The van der Waals surface area contributed by atoms with Gasteiger partial charge in [-0.05, 0) is 42.9 Å². The molecule has 2 aromatic rings. The summed E-state index contributed by atoms with van der Waals surface area (Å²) in [6, 6.07) is 5.62. The highest BCUT2D eigenvalue weighted by Gasteiger charge is 2.29. The van der Waals surface area contributed by atoms with Crippen LogP contribution in [0.3, 0.4) is 0 Å². The molecule has 0 radical (unpaired) electrons. The fourth-order valence-electron chi connectivity index (χ4n) is 3.52. The summed E-state index contributed by atoms with van der Waals surface area (Å²) >= 11 is 0. The number of carbonyl (C=O) groups excluding carboxylic acids is 1. The largest absolute Gasteiger partial charge is 0.493 e. The Balaban J connectivity index is 1.51. The summed E-state index contributed by atoms with van der Waals surface area (Å²) in [5.74, 6) is 1.61. The Bertz CT molecular complexity index is 997. The van der Waals surface area contributed by atoms with E-state index >= 15 is 0 Å². The first-order valence-corrected chi connectivity index (χ1v) is 11.8. The molecule has 31 heavy (non-hydrogen) atoms. The lowest BCUT2D eigenvalue weighted by Gasteiger charge is -2.28. The summed E-state index contributed by atoms with van der Waals surface area (Å²) < 4.78 is 39.0. The summed E-state index contributed by atoms with van der Waals surface area (Å²) in [5.41, 5.74) is 1.00. The molecule has 1 fully saturated rings. The van der Waals surface area contributed by atoms with E-state index in [-0.39, 0.29) is 17.5 Å². The van der Waals surface area contributed by atoms with Crippen molar-refractivity contribution in [3.05, 3.63) is 36.3 Å². The minimum Gasteiger partial charge on any atom is -0.493 e. The highest BCUT2D eigenvalue weighted by Crippen LogP contribution is 2.27. The molecule has 0 atom stereocenters. The maximum Gasteiger partial charge on any atom is 0.262 e. The van der Waals surface area contributed by atoms with Gasteiger partial charge in [-0.25, -0.2) is 13.4 Å². The first-order chi connectivity index (χ1) is 14.8. The normalized spacial score (nSPS) is 15.6. The SMILES string of the molecule is COc1ccc(CCNC(=O)Cn2cnc(S(=O)(=O)N3CCC(C)CC3)c2)cc1OC. The maximum absolute atomic E-state index is 12.8. The van der Waals surface area contributed by atoms with Gasteiger partial charge in [0.15, 0.2) is 16.5 Å². The van der Waals surface area contributed by atoms with E-state index in [1.807, 2.05) is 18.2 Å². The van der Waals surface area contributed by atoms with Gasteiger partial charge < -0.3 is 19.4 Å². The number of nitrogens with zero attached hydrogens (tertiary/aromatic N) is 3. The van der Waals surface area contributed by atoms with Gasteiger partial charge in [0, 0.05) is 25.8 Å². The first-order valence-electron chi connectivity index (χ1n) is 10.3. The molecule has 170 valence electrons. The number of sulfonamides is 1. The Hall–Kier alpha value is -2.59. The van der Waals surface area contributed by atoms with Crippen molar-refractivity contribution in [2.45, 2.75) is 37.8 Å².